The third kappa shape index (κ3) is 3.18. The lowest BCUT2D eigenvalue weighted by Gasteiger charge is -2.26. The Hall–Kier alpha value is -3.38. The van der Waals surface area contributed by atoms with Crippen LogP contribution >= 0.6 is 11.6 Å². The number of pyridine rings is 1. The number of hydrogen-bond acceptors (Lipinski definition) is 5. The fraction of sp³-hybridized carbons (Fsp3) is 0.0952. The average Bonchev–Trinajstić information content (AvgIpc) is 3.33. The summed E-state index contributed by atoms with van der Waals surface area (Å²) in [6, 6.07) is 12.7. The molecule has 1 amide bonds. The molecule has 1 aromatic carbocycles. The van der Waals surface area contributed by atoms with Gasteiger partial charge in [0.25, 0.3) is 5.91 Å². The lowest BCUT2D eigenvalue weighted by atomic mass is 9.95. The van der Waals surface area contributed by atoms with Gasteiger partial charge in [0.15, 0.2) is 11.5 Å². The Labute approximate surface area is 165 Å². The van der Waals surface area contributed by atoms with E-state index >= 15 is 0 Å². The SMILES string of the molecule is O=C(C1=C(O)C(=O)N(Cc2cccnc2)[C@@H]1c1ccc(Cl)cc1)c1ccco1. The highest BCUT2D eigenvalue weighted by Gasteiger charge is 2.44. The second-order valence-electron chi connectivity index (χ2n) is 6.32. The normalized spacial score (nSPS) is 16.7. The molecular formula is C21H15ClN2O4. The van der Waals surface area contributed by atoms with Crippen molar-refractivity contribution < 1.29 is 19.1 Å². The lowest BCUT2D eigenvalue weighted by molar-refractivity contribution is -0.130. The molecule has 0 saturated heterocycles. The van der Waals surface area contributed by atoms with E-state index in [1.807, 2.05) is 6.07 Å². The van der Waals surface area contributed by atoms with Crippen molar-refractivity contribution >= 4 is 23.3 Å². The lowest BCUT2D eigenvalue weighted by Crippen LogP contribution is -2.30. The van der Waals surface area contributed by atoms with E-state index in [4.69, 9.17) is 16.0 Å². The molecule has 1 aliphatic rings. The van der Waals surface area contributed by atoms with Crippen LogP contribution in [-0.4, -0.2) is 26.7 Å². The van der Waals surface area contributed by atoms with Crippen LogP contribution in [0.5, 0.6) is 0 Å². The molecule has 0 radical (unpaired) electrons. The van der Waals surface area contributed by atoms with E-state index in [9.17, 15) is 14.7 Å². The number of hydrogen-bond donors (Lipinski definition) is 1. The van der Waals surface area contributed by atoms with Crippen LogP contribution in [0, 0.1) is 0 Å². The van der Waals surface area contributed by atoms with Gasteiger partial charge in [-0.15, -0.1) is 0 Å². The van der Waals surface area contributed by atoms with Crippen molar-refractivity contribution in [3.63, 3.8) is 0 Å². The molecule has 140 valence electrons. The molecule has 2 aromatic heterocycles. The first-order valence-corrected chi connectivity index (χ1v) is 8.90. The predicted molar refractivity (Wildman–Crippen MR) is 102 cm³/mol. The van der Waals surface area contributed by atoms with Gasteiger partial charge in [-0.1, -0.05) is 29.8 Å². The van der Waals surface area contributed by atoms with E-state index in [-0.39, 0.29) is 17.9 Å². The molecule has 3 aromatic rings. The summed E-state index contributed by atoms with van der Waals surface area (Å²) in [5.41, 5.74) is 1.40. The maximum Gasteiger partial charge on any atom is 0.290 e. The smallest absolute Gasteiger partial charge is 0.290 e. The number of benzene rings is 1. The maximum absolute atomic E-state index is 13.0. The highest BCUT2D eigenvalue weighted by Crippen LogP contribution is 2.40. The van der Waals surface area contributed by atoms with E-state index in [0.717, 1.165) is 5.56 Å². The highest BCUT2D eigenvalue weighted by atomic mass is 35.5. The van der Waals surface area contributed by atoms with Gasteiger partial charge in [0.2, 0.25) is 5.78 Å². The standard InChI is InChI=1S/C21H15ClN2O4/c22-15-7-5-14(6-8-15)18-17(19(25)16-4-2-10-28-16)20(26)21(27)24(18)12-13-3-1-9-23-11-13/h1-11,18,26H,12H2/t18-/m1/s1. The minimum absolute atomic E-state index is 0.0221. The molecule has 7 heteroatoms. The van der Waals surface area contributed by atoms with Gasteiger partial charge in [0.1, 0.15) is 0 Å². The number of halogens is 1. The molecule has 0 saturated carbocycles. The largest absolute Gasteiger partial charge is 0.503 e. The van der Waals surface area contributed by atoms with Gasteiger partial charge in [-0.3, -0.25) is 14.6 Å². The van der Waals surface area contributed by atoms with E-state index in [0.29, 0.717) is 10.6 Å². The van der Waals surface area contributed by atoms with Crippen LogP contribution in [0.25, 0.3) is 0 Å². The number of aromatic nitrogens is 1. The van der Waals surface area contributed by atoms with Gasteiger partial charge in [-0.05, 0) is 41.5 Å². The first-order chi connectivity index (χ1) is 13.6. The van der Waals surface area contributed by atoms with Gasteiger partial charge < -0.3 is 14.4 Å². The molecule has 0 bridgehead atoms. The van der Waals surface area contributed by atoms with Gasteiger partial charge in [0, 0.05) is 24.0 Å². The summed E-state index contributed by atoms with van der Waals surface area (Å²) in [5, 5.41) is 11.1. The molecule has 28 heavy (non-hydrogen) atoms. The van der Waals surface area contributed by atoms with E-state index in [1.165, 1.54) is 17.2 Å². The van der Waals surface area contributed by atoms with E-state index in [2.05, 4.69) is 4.98 Å². The van der Waals surface area contributed by atoms with E-state index < -0.39 is 23.5 Å². The fourth-order valence-electron chi connectivity index (χ4n) is 3.27. The summed E-state index contributed by atoms with van der Waals surface area (Å²) in [4.78, 5) is 31.3. The Balaban J connectivity index is 1.79. The first-order valence-electron chi connectivity index (χ1n) is 8.53. The minimum atomic E-state index is -0.775. The van der Waals surface area contributed by atoms with Crippen molar-refractivity contribution in [3.05, 3.63) is 100 Å². The minimum Gasteiger partial charge on any atom is -0.503 e. The van der Waals surface area contributed by atoms with Crippen molar-refractivity contribution in [2.45, 2.75) is 12.6 Å². The number of rotatable bonds is 5. The zero-order chi connectivity index (χ0) is 19.7. The molecular weight excluding hydrogens is 380 g/mol. The van der Waals surface area contributed by atoms with Gasteiger partial charge in [0.05, 0.1) is 17.9 Å². The Morgan fingerprint density at radius 3 is 2.61 bits per heavy atom. The first kappa shape index (κ1) is 18.0. The molecule has 6 nitrogen and oxygen atoms in total. The molecule has 1 aliphatic heterocycles. The zero-order valence-electron chi connectivity index (χ0n) is 14.6. The molecule has 1 N–H and O–H groups in total. The van der Waals surface area contributed by atoms with Crippen molar-refractivity contribution in [3.8, 4) is 0 Å². The van der Waals surface area contributed by atoms with Gasteiger partial charge >= 0.3 is 0 Å². The summed E-state index contributed by atoms with van der Waals surface area (Å²) in [7, 11) is 0. The Kier molecular flexibility index (Phi) is 4.71. The third-order valence-electron chi connectivity index (χ3n) is 4.55. The summed E-state index contributed by atoms with van der Waals surface area (Å²) >= 11 is 5.99. The van der Waals surface area contributed by atoms with Crippen LogP contribution in [0.4, 0.5) is 0 Å². The quantitative estimate of drug-likeness (QED) is 0.658. The number of aliphatic hydroxyl groups is 1. The average molecular weight is 395 g/mol. The Morgan fingerprint density at radius 2 is 1.96 bits per heavy atom. The maximum atomic E-state index is 13.0. The number of furan rings is 1. The Morgan fingerprint density at radius 1 is 1.18 bits per heavy atom. The molecule has 0 unspecified atom stereocenters. The number of nitrogens with zero attached hydrogens (tertiary/aromatic N) is 2. The van der Waals surface area contributed by atoms with Crippen molar-refractivity contribution in [2.75, 3.05) is 0 Å². The van der Waals surface area contributed by atoms with Gasteiger partial charge in [-0.2, -0.15) is 0 Å². The summed E-state index contributed by atoms with van der Waals surface area (Å²) in [5.74, 6) is -1.69. The van der Waals surface area contributed by atoms with Crippen LogP contribution in [-0.2, 0) is 11.3 Å². The monoisotopic (exact) mass is 394 g/mol. The second kappa shape index (κ2) is 7.32. The van der Waals surface area contributed by atoms with Crippen molar-refractivity contribution in [1.29, 1.82) is 0 Å². The molecule has 4 rings (SSSR count). The number of aliphatic hydroxyl groups excluding tert-OH is 1. The molecule has 0 aliphatic carbocycles. The highest BCUT2D eigenvalue weighted by molar-refractivity contribution is 6.30. The number of carbonyl (C=O) groups excluding carboxylic acids is 2. The van der Waals surface area contributed by atoms with Crippen LogP contribution in [0.2, 0.25) is 5.02 Å². The molecule has 0 fully saturated rings. The molecule has 1 atom stereocenters. The number of amides is 1. The second-order valence-corrected chi connectivity index (χ2v) is 6.75. The fourth-order valence-corrected chi connectivity index (χ4v) is 3.40. The third-order valence-corrected chi connectivity index (χ3v) is 4.81. The number of carbonyl (C=O) groups is 2. The van der Waals surface area contributed by atoms with Crippen molar-refractivity contribution in [2.24, 2.45) is 0 Å². The number of ketones is 1. The van der Waals surface area contributed by atoms with Crippen LogP contribution in [0.1, 0.15) is 27.7 Å². The topological polar surface area (TPSA) is 83.6 Å². The van der Waals surface area contributed by atoms with Crippen LogP contribution in [0.15, 0.2) is 82.9 Å². The van der Waals surface area contributed by atoms with Gasteiger partial charge in [-0.25, -0.2) is 0 Å². The van der Waals surface area contributed by atoms with Crippen molar-refractivity contribution in [1.82, 2.24) is 9.88 Å². The number of Topliss-reactive ketones (excluding diaryl/α,β-unsaturated/α-hetero) is 1. The summed E-state index contributed by atoms with van der Waals surface area (Å²) in [6.07, 6.45) is 4.63. The summed E-state index contributed by atoms with van der Waals surface area (Å²) in [6.45, 7) is 0.180. The molecule has 3 heterocycles. The van der Waals surface area contributed by atoms with Crippen LogP contribution < -0.4 is 0 Å². The zero-order valence-corrected chi connectivity index (χ0v) is 15.3. The Bertz CT molecular complexity index is 1040. The van der Waals surface area contributed by atoms with E-state index in [1.54, 1.807) is 48.8 Å². The summed E-state index contributed by atoms with van der Waals surface area (Å²) < 4.78 is 5.19. The molecule has 0 spiro atoms. The predicted octanol–water partition coefficient (Wildman–Crippen LogP) is 4.11. The van der Waals surface area contributed by atoms with Crippen LogP contribution in [0.3, 0.4) is 0 Å².